The highest BCUT2D eigenvalue weighted by atomic mass is 79.9. The van der Waals surface area contributed by atoms with E-state index in [4.69, 9.17) is 0 Å². The minimum atomic E-state index is -0.170. The summed E-state index contributed by atoms with van der Waals surface area (Å²) in [7, 11) is 1.89. The van der Waals surface area contributed by atoms with E-state index in [-0.39, 0.29) is 11.9 Å². The van der Waals surface area contributed by atoms with Crippen molar-refractivity contribution in [2.45, 2.75) is 26.3 Å². The summed E-state index contributed by atoms with van der Waals surface area (Å²) in [5.74, 6) is -0.170. The summed E-state index contributed by atoms with van der Waals surface area (Å²) in [5.41, 5.74) is 3.80. The Morgan fingerprint density at radius 3 is 2.45 bits per heavy atom. The number of pyridine rings is 1. The van der Waals surface area contributed by atoms with Crippen LogP contribution in [0.3, 0.4) is 0 Å². The number of rotatable bonds is 4. The zero-order chi connectivity index (χ0) is 14.7. The maximum Gasteiger partial charge on any atom is 0.126 e. The van der Waals surface area contributed by atoms with Crippen LogP contribution in [0, 0.1) is 19.7 Å². The predicted octanol–water partition coefficient (Wildman–Crippen LogP) is 4.10. The second-order valence-electron chi connectivity index (χ2n) is 4.96. The first-order chi connectivity index (χ1) is 9.49. The molecule has 1 heterocycles. The van der Waals surface area contributed by atoms with Crippen LogP contribution < -0.4 is 5.32 Å². The van der Waals surface area contributed by atoms with Crippen molar-refractivity contribution in [3.05, 3.63) is 63.1 Å². The van der Waals surface area contributed by atoms with Gasteiger partial charge in [0.2, 0.25) is 0 Å². The standard InChI is InChI=1S/C16H18BrFN2/c1-10-6-13(7-11(2)20-10)16(19-3)9-12-8-14(17)4-5-15(12)18/h4-8,16,19H,9H2,1-3H3. The highest BCUT2D eigenvalue weighted by molar-refractivity contribution is 9.10. The van der Waals surface area contributed by atoms with Gasteiger partial charge in [-0.05, 0) is 68.8 Å². The Morgan fingerprint density at radius 2 is 1.85 bits per heavy atom. The number of aryl methyl sites for hydroxylation is 2. The van der Waals surface area contributed by atoms with Gasteiger partial charge in [0.05, 0.1) is 0 Å². The molecular formula is C16H18BrFN2. The second kappa shape index (κ2) is 6.46. The molecule has 0 fully saturated rings. The van der Waals surface area contributed by atoms with Gasteiger partial charge in [0, 0.05) is 21.9 Å². The minimum absolute atomic E-state index is 0.0687. The largest absolute Gasteiger partial charge is 0.313 e. The summed E-state index contributed by atoms with van der Waals surface area (Å²) in [6, 6.07) is 9.21. The molecule has 4 heteroatoms. The van der Waals surface area contributed by atoms with E-state index in [2.05, 4.69) is 26.2 Å². The molecule has 0 radical (unpaired) electrons. The quantitative estimate of drug-likeness (QED) is 0.908. The third-order valence-corrected chi connectivity index (χ3v) is 3.78. The third kappa shape index (κ3) is 3.64. The molecule has 2 nitrogen and oxygen atoms in total. The molecule has 0 aliphatic rings. The van der Waals surface area contributed by atoms with Crippen molar-refractivity contribution >= 4 is 15.9 Å². The van der Waals surface area contributed by atoms with Gasteiger partial charge >= 0.3 is 0 Å². The average molecular weight is 337 g/mol. The molecular weight excluding hydrogens is 319 g/mol. The molecule has 1 aromatic carbocycles. The van der Waals surface area contributed by atoms with Crippen LogP contribution in [0.2, 0.25) is 0 Å². The molecule has 1 aromatic heterocycles. The van der Waals surface area contributed by atoms with Crippen molar-refractivity contribution < 1.29 is 4.39 Å². The zero-order valence-corrected chi connectivity index (χ0v) is 13.5. The van der Waals surface area contributed by atoms with Crippen molar-refractivity contribution in [2.75, 3.05) is 7.05 Å². The monoisotopic (exact) mass is 336 g/mol. The third-order valence-electron chi connectivity index (χ3n) is 3.29. The number of aromatic nitrogens is 1. The first-order valence-electron chi connectivity index (χ1n) is 6.56. The maximum absolute atomic E-state index is 13.9. The highest BCUT2D eigenvalue weighted by Gasteiger charge is 2.14. The molecule has 0 amide bonds. The first kappa shape index (κ1) is 15.1. The molecule has 106 valence electrons. The molecule has 0 spiro atoms. The van der Waals surface area contributed by atoms with Gasteiger partial charge in [-0.1, -0.05) is 15.9 Å². The van der Waals surface area contributed by atoms with Gasteiger partial charge in [-0.2, -0.15) is 0 Å². The predicted molar refractivity (Wildman–Crippen MR) is 83.3 cm³/mol. The molecule has 0 saturated heterocycles. The molecule has 0 aliphatic carbocycles. The fourth-order valence-corrected chi connectivity index (χ4v) is 2.78. The van der Waals surface area contributed by atoms with Crippen LogP contribution in [0.4, 0.5) is 4.39 Å². The van der Waals surface area contributed by atoms with Crippen LogP contribution in [0.25, 0.3) is 0 Å². The van der Waals surface area contributed by atoms with E-state index in [0.717, 1.165) is 21.4 Å². The number of halogens is 2. The molecule has 0 aliphatic heterocycles. The summed E-state index contributed by atoms with van der Waals surface area (Å²) in [5, 5.41) is 3.26. The van der Waals surface area contributed by atoms with E-state index in [1.807, 2.05) is 39.1 Å². The average Bonchev–Trinajstić information content (AvgIpc) is 2.38. The van der Waals surface area contributed by atoms with E-state index in [1.165, 1.54) is 6.07 Å². The van der Waals surface area contributed by atoms with Crippen LogP contribution in [0.5, 0.6) is 0 Å². The fraction of sp³-hybridized carbons (Fsp3) is 0.312. The first-order valence-corrected chi connectivity index (χ1v) is 7.35. The normalized spacial score (nSPS) is 12.4. The van der Waals surface area contributed by atoms with Gasteiger partial charge in [0.25, 0.3) is 0 Å². The Bertz CT molecular complexity index is 593. The Morgan fingerprint density at radius 1 is 1.20 bits per heavy atom. The van der Waals surface area contributed by atoms with Crippen LogP contribution >= 0.6 is 15.9 Å². The summed E-state index contributed by atoms with van der Waals surface area (Å²) < 4.78 is 14.8. The number of hydrogen-bond donors (Lipinski definition) is 1. The minimum Gasteiger partial charge on any atom is -0.313 e. The van der Waals surface area contributed by atoms with Crippen LogP contribution in [0.15, 0.2) is 34.8 Å². The lowest BCUT2D eigenvalue weighted by molar-refractivity contribution is 0.553. The van der Waals surface area contributed by atoms with Crippen molar-refractivity contribution in [1.29, 1.82) is 0 Å². The van der Waals surface area contributed by atoms with E-state index < -0.39 is 0 Å². The Kier molecular flexibility index (Phi) is 4.89. The lowest BCUT2D eigenvalue weighted by Crippen LogP contribution is -2.20. The molecule has 0 bridgehead atoms. The van der Waals surface area contributed by atoms with Gasteiger partial charge in [-0.3, -0.25) is 4.98 Å². The Hall–Kier alpha value is -1.26. The lowest BCUT2D eigenvalue weighted by Gasteiger charge is -2.18. The van der Waals surface area contributed by atoms with Crippen molar-refractivity contribution in [1.82, 2.24) is 10.3 Å². The molecule has 1 N–H and O–H groups in total. The van der Waals surface area contributed by atoms with Gasteiger partial charge in [0.1, 0.15) is 5.82 Å². The zero-order valence-electron chi connectivity index (χ0n) is 11.9. The molecule has 2 rings (SSSR count). The van der Waals surface area contributed by atoms with Crippen molar-refractivity contribution in [3.8, 4) is 0 Å². The number of hydrogen-bond acceptors (Lipinski definition) is 2. The van der Waals surface area contributed by atoms with Gasteiger partial charge < -0.3 is 5.32 Å². The summed E-state index contributed by atoms with van der Waals surface area (Å²) in [6.07, 6.45) is 0.602. The van der Waals surface area contributed by atoms with Gasteiger partial charge in [-0.15, -0.1) is 0 Å². The van der Waals surface area contributed by atoms with Crippen LogP contribution in [-0.2, 0) is 6.42 Å². The Balaban J connectivity index is 2.30. The second-order valence-corrected chi connectivity index (χ2v) is 5.88. The van der Waals surface area contributed by atoms with Crippen LogP contribution in [0.1, 0.15) is 28.6 Å². The summed E-state index contributed by atoms with van der Waals surface area (Å²) in [4.78, 5) is 4.38. The molecule has 20 heavy (non-hydrogen) atoms. The number of nitrogens with one attached hydrogen (secondary N) is 1. The topological polar surface area (TPSA) is 24.9 Å². The maximum atomic E-state index is 13.9. The summed E-state index contributed by atoms with van der Waals surface area (Å²) in [6.45, 7) is 3.95. The van der Waals surface area contributed by atoms with Crippen molar-refractivity contribution in [2.24, 2.45) is 0 Å². The Labute approximate surface area is 127 Å². The number of likely N-dealkylation sites (N-methyl/N-ethyl adjacent to an activating group) is 1. The SMILES string of the molecule is CNC(Cc1cc(Br)ccc1F)c1cc(C)nc(C)c1. The lowest BCUT2D eigenvalue weighted by atomic mass is 9.98. The molecule has 1 unspecified atom stereocenters. The highest BCUT2D eigenvalue weighted by Crippen LogP contribution is 2.23. The van der Waals surface area contributed by atoms with Gasteiger partial charge in [0.15, 0.2) is 0 Å². The number of nitrogens with zero attached hydrogens (tertiary/aromatic N) is 1. The van der Waals surface area contributed by atoms with Crippen molar-refractivity contribution in [3.63, 3.8) is 0 Å². The van der Waals surface area contributed by atoms with E-state index in [0.29, 0.717) is 12.0 Å². The van der Waals surface area contributed by atoms with E-state index in [9.17, 15) is 4.39 Å². The number of benzene rings is 1. The smallest absolute Gasteiger partial charge is 0.126 e. The fourth-order valence-electron chi connectivity index (χ4n) is 2.37. The van der Waals surface area contributed by atoms with Gasteiger partial charge in [-0.25, -0.2) is 4.39 Å². The molecule has 1 atom stereocenters. The van der Waals surface area contributed by atoms with Crippen LogP contribution in [-0.4, -0.2) is 12.0 Å². The van der Waals surface area contributed by atoms with E-state index >= 15 is 0 Å². The molecule has 0 saturated carbocycles. The summed E-state index contributed by atoms with van der Waals surface area (Å²) >= 11 is 3.39. The van der Waals surface area contributed by atoms with E-state index in [1.54, 1.807) is 6.07 Å². The molecule has 2 aromatic rings.